The van der Waals surface area contributed by atoms with Crippen LogP contribution >= 0.6 is 0 Å². The van der Waals surface area contributed by atoms with Crippen molar-refractivity contribution in [1.82, 2.24) is 19.8 Å². The first kappa shape index (κ1) is 11.8. The van der Waals surface area contributed by atoms with Crippen molar-refractivity contribution in [3.8, 4) is 5.75 Å². The van der Waals surface area contributed by atoms with E-state index < -0.39 is 10.6 Å². The van der Waals surface area contributed by atoms with Crippen molar-refractivity contribution < 1.29 is 9.66 Å². The standard InChI is InChI=1S/C9H9N5O4/c1-12-9(15)13(11-10-12)6-18-8-4-2-3-7(5-8)14(16)17/h2-5H,6H2,1H3. The molecule has 2 aromatic rings. The molecule has 0 bridgehead atoms. The summed E-state index contributed by atoms with van der Waals surface area (Å²) in [5.74, 6) is 0.279. The van der Waals surface area contributed by atoms with Crippen LogP contribution in [0.15, 0.2) is 29.1 Å². The van der Waals surface area contributed by atoms with E-state index in [-0.39, 0.29) is 18.2 Å². The molecule has 2 rings (SSSR count). The number of ether oxygens (including phenoxy) is 1. The maximum atomic E-state index is 11.4. The summed E-state index contributed by atoms with van der Waals surface area (Å²) < 4.78 is 7.27. The Morgan fingerprint density at radius 1 is 1.44 bits per heavy atom. The lowest BCUT2D eigenvalue weighted by atomic mass is 10.3. The Balaban J connectivity index is 2.11. The van der Waals surface area contributed by atoms with E-state index in [1.807, 2.05) is 0 Å². The van der Waals surface area contributed by atoms with E-state index in [9.17, 15) is 14.9 Å². The van der Waals surface area contributed by atoms with Gasteiger partial charge in [0.1, 0.15) is 5.75 Å². The quantitative estimate of drug-likeness (QED) is 0.556. The highest BCUT2D eigenvalue weighted by atomic mass is 16.6. The van der Waals surface area contributed by atoms with E-state index in [0.29, 0.717) is 0 Å². The molecule has 0 saturated carbocycles. The maximum Gasteiger partial charge on any atom is 0.366 e. The summed E-state index contributed by atoms with van der Waals surface area (Å²) in [7, 11) is 1.46. The van der Waals surface area contributed by atoms with Crippen molar-refractivity contribution in [2.75, 3.05) is 0 Å². The fourth-order valence-electron chi connectivity index (χ4n) is 1.26. The Bertz CT molecular complexity index is 632. The third-order valence-electron chi connectivity index (χ3n) is 2.16. The predicted molar refractivity (Wildman–Crippen MR) is 59.0 cm³/mol. The zero-order chi connectivity index (χ0) is 13.1. The van der Waals surface area contributed by atoms with Gasteiger partial charge in [-0.2, -0.15) is 9.36 Å². The van der Waals surface area contributed by atoms with E-state index in [4.69, 9.17) is 4.74 Å². The van der Waals surface area contributed by atoms with Crippen LogP contribution in [0.1, 0.15) is 0 Å². The third-order valence-corrected chi connectivity index (χ3v) is 2.16. The molecule has 1 aromatic carbocycles. The van der Waals surface area contributed by atoms with Crippen LogP contribution in [0.5, 0.6) is 5.75 Å². The molecule has 1 aromatic heterocycles. The SMILES string of the molecule is Cn1nnn(COc2cccc([N+](=O)[O-])c2)c1=O. The zero-order valence-corrected chi connectivity index (χ0v) is 9.39. The van der Waals surface area contributed by atoms with Gasteiger partial charge in [-0.3, -0.25) is 10.1 Å². The third kappa shape index (κ3) is 2.34. The van der Waals surface area contributed by atoms with Gasteiger partial charge >= 0.3 is 5.69 Å². The summed E-state index contributed by atoms with van der Waals surface area (Å²) in [6.45, 7) is -0.159. The summed E-state index contributed by atoms with van der Waals surface area (Å²) in [5, 5.41) is 17.6. The van der Waals surface area contributed by atoms with E-state index in [1.54, 1.807) is 6.07 Å². The lowest BCUT2D eigenvalue weighted by Crippen LogP contribution is -2.25. The van der Waals surface area contributed by atoms with Gasteiger partial charge in [0.15, 0.2) is 6.73 Å². The van der Waals surface area contributed by atoms with Crippen LogP contribution < -0.4 is 10.4 Å². The van der Waals surface area contributed by atoms with Gasteiger partial charge in [-0.1, -0.05) is 6.07 Å². The second kappa shape index (κ2) is 4.65. The minimum Gasteiger partial charge on any atom is -0.471 e. The van der Waals surface area contributed by atoms with Crippen LogP contribution in [0.25, 0.3) is 0 Å². The zero-order valence-electron chi connectivity index (χ0n) is 9.39. The fraction of sp³-hybridized carbons (Fsp3) is 0.222. The Labute approximate surface area is 100 Å². The average Bonchev–Trinajstić information content (AvgIpc) is 2.68. The Morgan fingerprint density at radius 3 is 2.83 bits per heavy atom. The molecule has 0 saturated heterocycles. The highest BCUT2D eigenvalue weighted by molar-refractivity contribution is 5.37. The topological polar surface area (TPSA) is 105 Å². The average molecular weight is 251 g/mol. The number of hydrogen-bond acceptors (Lipinski definition) is 6. The molecular formula is C9H9N5O4. The van der Waals surface area contributed by atoms with Crippen molar-refractivity contribution in [1.29, 1.82) is 0 Å². The largest absolute Gasteiger partial charge is 0.471 e. The monoisotopic (exact) mass is 251 g/mol. The summed E-state index contributed by atoms with van der Waals surface area (Å²) in [5.41, 5.74) is -0.514. The number of nitro benzene ring substituents is 1. The van der Waals surface area contributed by atoms with E-state index in [2.05, 4.69) is 10.4 Å². The van der Waals surface area contributed by atoms with Crippen LogP contribution in [0.2, 0.25) is 0 Å². The van der Waals surface area contributed by atoms with Gasteiger partial charge < -0.3 is 4.74 Å². The van der Waals surface area contributed by atoms with E-state index in [0.717, 1.165) is 9.36 Å². The number of benzene rings is 1. The predicted octanol–water partition coefficient (Wildman–Crippen LogP) is -0.0785. The Hall–Kier alpha value is -2.71. The van der Waals surface area contributed by atoms with Crippen LogP contribution in [0, 0.1) is 10.1 Å². The molecule has 0 N–H and O–H groups in total. The van der Waals surface area contributed by atoms with Crippen molar-refractivity contribution >= 4 is 5.69 Å². The Kier molecular flexibility index (Phi) is 3.04. The molecule has 1 heterocycles. The van der Waals surface area contributed by atoms with Crippen LogP contribution in [-0.2, 0) is 13.8 Å². The molecule has 0 spiro atoms. The molecule has 0 aliphatic rings. The summed E-state index contributed by atoms with van der Waals surface area (Å²) in [6, 6.07) is 5.66. The first-order chi connectivity index (χ1) is 8.58. The molecule has 0 fully saturated rings. The summed E-state index contributed by atoms with van der Waals surface area (Å²) in [4.78, 5) is 21.4. The van der Waals surface area contributed by atoms with Gasteiger partial charge in [-0.25, -0.2) is 4.79 Å². The number of nitro groups is 1. The van der Waals surface area contributed by atoms with Crippen molar-refractivity contribution in [3.05, 3.63) is 44.9 Å². The molecular weight excluding hydrogens is 242 g/mol. The highest BCUT2D eigenvalue weighted by Gasteiger charge is 2.07. The molecule has 0 atom stereocenters. The fourth-order valence-corrected chi connectivity index (χ4v) is 1.26. The molecule has 0 aliphatic heterocycles. The summed E-state index contributed by atoms with van der Waals surface area (Å²) >= 11 is 0. The summed E-state index contributed by atoms with van der Waals surface area (Å²) in [6.07, 6.45) is 0. The molecule has 9 heteroatoms. The van der Waals surface area contributed by atoms with Crippen LogP contribution in [-0.4, -0.2) is 24.7 Å². The normalized spacial score (nSPS) is 10.3. The van der Waals surface area contributed by atoms with E-state index in [1.165, 1.54) is 25.2 Å². The first-order valence-electron chi connectivity index (χ1n) is 4.92. The number of rotatable bonds is 4. The lowest BCUT2D eigenvalue weighted by Gasteiger charge is -2.03. The van der Waals surface area contributed by atoms with Gasteiger partial charge in [0, 0.05) is 13.1 Å². The van der Waals surface area contributed by atoms with Gasteiger partial charge in [0.05, 0.1) is 11.0 Å². The highest BCUT2D eigenvalue weighted by Crippen LogP contribution is 2.18. The van der Waals surface area contributed by atoms with Crippen LogP contribution in [0.3, 0.4) is 0 Å². The van der Waals surface area contributed by atoms with E-state index >= 15 is 0 Å². The molecule has 0 unspecified atom stereocenters. The molecule has 18 heavy (non-hydrogen) atoms. The number of aryl methyl sites for hydroxylation is 1. The minimum atomic E-state index is -0.526. The number of hydrogen-bond donors (Lipinski definition) is 0. The van der Waals surface area contributed by atoms with Gasteiger partial charge in [-0.05, 0) is 16.5 Å². The lowest BCUT2D eigenvalue weighted by molar-refractivity contribution is -0.384. The first-order valence-corrected chi connectivity index (χ1v) is 4.92. The Morgan fingerprint density at radius 2 is 2.22 bits per heavy atom. The number of nitrogens with zero attached hydrogens (tertiary/aromatic N) is 5. The smallest absolute Gasteiger partial charge is 0.366 e. The molecule has 0 radical (unpaired) electrons. The number of non-ortho nitro benzene ring substituents is 1. The van der Waals surface area contributed by atoms with Crippen molar-refractivity contribution in [3.63, 3.8) is 0 Å². The van der Waals surface area contributed by atoms with Crippen LogP contribution in [0.4, 0.5) is 5.69 Å². The molecule has 0 aliphatic carbocycles. The molecule has 9 nitrogen and oxygen atoms in total. The minimum absolute atomic E-state index is 0.0843. The second-order valence-corrected chi connectivity index (χ2v) is 3.41. The van der Waals surface area contributed by atoms with Crippen molar-refractivity contribution in [2.24, 2.45) is 7.05 Å². The molecule has 0 amide bonds. The van der Waals surface area contributed by atoms with Gasteiger partial charge in [0.25, 0.3) is 5.69 Å². The van der Waals surface area contributed by atoms with Gasteiger partial charge in [-0.15, -0.1) is 0 Å². The van der Waals surface area contributed by atoms with Crippen molar-refractivity contribution in [2.45, 2.75) is 6.73 Å². The molecule has 94 valence electrons. The second-order valence-electron chi connectivity index (χ2n) is 3.41. The van der Waals surface area contributed by atoms with Gasteiger partial charge in [0.2, 0.25) is 0 Å². The number of aromatic nitrogens is 4. The maximum absolute atomic E-state index is 11.4. The number of tetrazole rings is 1.